The number of hydrogen-bond donors (Lipinski definition) is 2. The average Bonchev–Trinajstić information content (AvgIpc) is 3.20. The zero-order chi connectivity index (χ0) is 22.9. The van der Waals surface area contributed by atoms with E-state index in [1.165, 1.54) is 11.1 Å². The van der Waals surface area contributed by atoms with Crippen molar-refractivity contribution in [2.24, 2.45) is 0 Å². The summed E-state index contributed by atoms with van der Waals surface area (Å²) in [6.07, 6.45) is 1.61. The summed E-state index contributed by atoms with van der Waals surface area (Å²) >= 11 is 0. The van der Waals surface area contributed by atoms with E-state index in [0.717, 1.165) is 57.2 Å². The van der Waals surface area contributed by atoms with Gasteiger partial charge in [0.15, 0.2) is 0 Å². The maximum absolute atomic E-state index is 13.3. The summed E-state index contributed by atoms with van der Waals surface area (Å²) in [5.74, 6) is -0.184. The molecule has 0 atom stereocenters. The summed E-state index contributed by atoms with van der Waals surface area (Å²) in [5.41, 5.74) is 8.85. The van der Waals surface area contributed by atoms with E-state index in [4.69, 9.17) is 4.98 Å². The lowest BCUT2D eigenvalue weighted by molar-refractivity contribution is 0.102. The quantitative estimate of drug-likeness (QED) is 0.325. The zero-order valence-corrected chi connectivity index (χ0v) is 19.2. The number of fused-ring (bicyclic) bond motifs is 3. The molecule has 0 unspecified atom stereocenters. The van der Waals surface area contributed by atoms with Gasteiger partial charge in [-0.15, -0.1) is 0 Å². The maximum Gasteiger partial charge on any atom is 0.274 e. The van der Waals surface area contributed by atoms with Gasteiger partial charge in [0.05, 0.1) is 11.2 Å². The number of pyridine rings is 1. The molecule has 164 valence electrons. The number of nitrogens with one attached hydrogen (secondary N) is 2. The molecule has 2 N–H and O–H groups in total. The van der Waals surface area contributed by atoms with Gasteiger partial charge in [-0.2, -0.15) is 0 Å². The van der Waals surface area contributed by atoms with Crippen LogP contribution in [0, 0.1) is 20.8 Å². The van der Waals surface area contributed by atoms with Crippen LogP contribution in [0.2, 0.25) is 0 Å². The van der Waals surface area contributed by atoms with Gasteiger partial charge in [0, 0.05) is 22.0 Å². The SMILES string of the molecule is Cc1ccc(CCc2nc(C(=O)Nc3c(C)cccc3C)cc3c2[nH]c2ccccc23)cc1. The van der Waals surface area contributed by atoms with Gasteiger partial charge in [0.2, 0.25) is 0 Å². The van der Waals surface area contributed by atoms with Crippen LogP contribution in [-0.4, -0.2) is 15.9 Å². The Morgan fingerprint density at radius 2 is 1.58 bits per heavy atom. The Bertz CT molecular complexity index is 1460. The second kappa shape index (κ2) is 8.55. The van der Waals surface area contributed by atoms with Crippen LogP contribution < -0.4 is 5.32 Å². The van der Waals surface area contributed by atoms with E-state index in [2.05, 4.69) is 53.6 Å². The standard InChI is InChI=1S/C29H27N3O/c1-18-11-13-21(14-12-18)15-16-25-28-23(22-9-4-5-10-24(22)31-28)17-26(30-25)29(33)32-27-19(2)7-6-8-20(27)3/h4-14,17,31H,15-16H2,1-3H3,(H,32,33). The van der Waals surface area contributed by atoms with Crippen LogP contribution >= 0.6 is 0 Å². The lowest BCUT2D eigenvalue weighted by atomic mass is 10.0. The van der Waals surface area contributed by atoms with Gasteiger partial charge in [0.25, 0.3) is 5.91 Å². The molecule has 2 aromatic heterocycles. The number of nitrogens with zero attached hydrogens (tertiary/aromatic N) is 1. The van der Waals surface area contributed by atoms with Crippen molar-refractivity contribution in [1.29, 1.82) is 0 Å². The molecule has 33 heavy (non-hydrogen) atoms. The van der Waals surface area contributed by atoms with Crippen LogP contribution in [-0.2, 0) is 12.8 Å². The van der Waals surface area contributed by atoms with Crippen molar-refractivity contribution in [2.75, 3.05) is 5.32 Å². The highest BCUT2D eigenvalue weighted by atomic mass is 16.1. The third kappa shape index (κ3) is 4.12. The number of para-hydroxylation sites is 2. The Labute approximate surface area is 193 Å². The van der Waals surface area contributed by atoms with Crippen molar-refractivity contribution in [3.8, 4) is 0 Å². The summed E-state index contributed by atoms with van der Waals surface area (Å²) in [6.45, 7) is 6.11. The molecule has 3 aromatic carbocycles. The number of aryl methyl sites for hydroxylation is 5. The number of amides is 1. The highest BCUT2D eigenvalue weighted by molar-refractivity contribution is 6.12. The minimum atomic E-state index is -0.184. The molecule has 2 heterocycles. The highest BCUT2D eigenvalue weighted by Crippen LogP contribution is 2.29. The first-order chi connectivity index (χ1) is 16.0. The number of hydrogen-bond acceptors (Lipinski definition) is 2. The van der Waals surface area contributed by atoms with Gasteiger partial charge < -0.3 is 10.3 Å². The molecule has 0 fully saturated rings. The zero-order valence-electron chi connectivity index (χ0n) is 19.2. The molecule has 5 aromatic rings. The van der Waals surface area contributed by atoms with E-state index in [1.54, 1.807) is 0 Å². The number of carbonyl (C=O) groups excluding carboxylic acids is 1. The first-order valence-electron chi connectivity index (χ1n) is 11.3. The minimum absolute atomic E-state index is 0.184. The van der Waals surface area contributed by atoms with Crippen molar-refractivity contribution in [3.63, 3.8) is 0 Å². The molecule has 0 bridgehead atoms. The van der Waals surface area contributed by atoms with Crippen LogP contribution in [0.15, 0.2) is 72.8 Å². The van der Waals surface area contributed by atoms with Crippen LogP contribution in [0.5, 0.6) is 0 Å². The molecular formula is C29H27N3O. The van der Waals surface area contributed by atoms with E-state index in [-0.39, 0.29) is 5.91 Å². The van der Waals surface area contributed by atoms with Crippen molar-refractivity contribution >= 4 is 33.4 Å². The molecule has 1 amide bonds. The molecule has 0 saturated heterocycles. The van der Waals surface area contributed by atoms with Gasteiger partial charge >= 0.3 is 0 Å². The second-order valence-corrected chi connectivity index (χ2v) is 8.75. The number of anilines is 1. The van der Waals surface area contributed by atoms with E-state index in [9.17, 15) is 4.79 Å². The number of aromatic amines is 1. The molecular weight excluding hydrogens is 406 g/mol. The summed E-state index contributed by atoms with van der Waals surface area (Å²) < 4.78 is 0. The molecule has 0 aliphatic carbocycles. The van der Waals surface area contributed by atoms with Crippen molar-refractivity contribution in [1.82, 2.24) is 9.97 Å². The van der Waals surface area contributed by atoms with Crippen molar-refractivity contribution in [3.05, 3.63) is 106 Å². The molecule has 5 rings (SSSR count). The summed E-state index contributed by atoms with van der Waals surface area (Å²) in [4.78, 5) is 21.7. The smallest absolute Gasteiger partial charge is 0.274 e. The van der Waals surface area contributed by atoms with Gasteiger partial charge in [-0.3, -0.25) is 4.79 Å². The summed E-state index contributed by atoms with van der Waals surface area (Å²) in [6, 6.07) is 24.7. The average molecular weight is 434 g/mol. The number of H-pyrrole nitrogens is 1. The Kier molecular flexibility index (Phi) is 5.43. The monoisotopic (exact) mass is 433 g/mol. The number of aromatic nitrogens is 2. The van der Waals surface area contributed by atoms with Gasteiger partial charge in [-0.1, -0.05) is 66.2 Å². The molecule has 0 radical (unpaired) electrons. The van der Waals surface area contributed by atoms with Gasteiger partial charge in [0.1, 0.15) is 5.69 Å². The fourth-order valence-corrected chi connectivity index (χ4v) is 4.42. The highest BCUT2D eigenvalue weighted by Gasteiger charge is 2.17. The number of carbonyl (C=O) groups is 1. The lowest BCUT2D eigenvalue weighted by Crippen LogP contribution is -2.16. The minimum Gasteiger partial charge on any atom is -0.353 e. The fraction of sp³-hybridized carbons (Fsp3) is 0.172. The first kappa shape index (κ1) is 21.0. The van der Waals surface area contributed by atoms with Gasteiger partial charge in [-0.05, 0) is 62.4 Å². The summed E-state index contributed by atoms with van der Waals surface area (Å²) in [7, 11) is 0. The Morgan fingerprint density at radius 1 is 0.848 bits per heavy atom. The summed E-state index contributed by atoms with van der Waals surface area (Å²) in [5, 5.41) is 5.23. The topological polar surface area (TPSA) is 57.8 Å². The van der Waals surface area contributed by atoms with Crippen molar-refractivity contribution < 1.29 is 4.79 Å². The van der Waals surface area contributed by atoms with Gasteiger partial charge in [-0.25, -0.2) is 4.98 Å². The van der Waals surface area contributed by atoms with Crippen LogP contribution in [0.25, 0.3) is 21.8 Å². The largest absolute Gasteiger partial charge is 0.353 e. The molecule has 4 nitrogen and oxygen atoms in total. The number of benzene rings is 3. The molecule has 0 saturated carbocycles. The predicted molar refractivity (Wildman–Crippen MR) is 136 cm³/mol. The lowest BCUT2D eigenvalue weighted by Gasteiger charge is -2.12. The first-order valence-corrected chi connectivity index (χ1v) is 11.3. The predicted octanol–water partition coefficient (Wildman–Crippen LogP) is 6.68. The van der Waals surface area contributed by atoms with E-state index in [1.807, 2.05) is 50.2 Å². The molecule has 4 heteroatoms. The van der Waals surface area contributed by atoms with Crippen LogP contribution in [0.1, 0.15) is 38.4 Å². The normalized spacial score (nSPS) is 11.2. The van der Waals surface area contributed by atoms with E-state index in [0.29, 0.717) is 5.69 Å². The second-order valence-electron chi connectivity index (χ2n) is 8.75. The van der Waals surface area contributed by atoms with Crippen molar-refractivity contribution in [2.45, 2.75) is 33.6 Å². The third-order valence-electron chi connectivity index (χ3n) is 6.29. The Balaban J connectivity index is 1.56. The van der Waals surface area contributed by atoms with Crippen LogP contribution in [0.4, 0.5) is 5.69 Å². The maximum atomic E-state index is 13.3. The number of rotatable bonds is 5. The van der Waals surface area contributed by atoms with E-state index >= 15 is 0 Å². The van der Waals surface area contributed by atoms with E-state index < -0.39 is 0 Å². The fourth-order valence-electron chi connectivity index (χ4n) is 4.42. The third-order valence-corrected chi connectivity index (χ3v) is 6.29. The molecule has 0 aliphatic heterocycles. The Hall–Kier alpha value is -3.92. The molecule has 0 aliphatic rings. The Morgan fingerprint density at radius 3 is 2.33 bits per heavy atom. The van der Waals surface area contributed by atoms with Crippen LogP contribution in [0.3, 0.4) is 0 Å². The molecule has 0 spiro atoms.